The summed E-state index contributed by atoms with van der Waals surface area (Å²) in [6, 6.07) is 0. The van der Waals surface area contributed by atoms with Crippen LogP contribution in [0.5, 0.6) is 0 Å². The normalized spacial score (nSPS) is 8.71. The Morgan fingerprint density at radius 2 is 2.29 bits per heavy atom. The maximum Gasteiger partial charge on any atom is 0.303 e. The molecule has 0 fully saturated rings. The molecule has 0 saturated heterocycles. The van der Waals surface area contributed by atoms with Gasteiger partial charge in [-0.05, 0) is 12.2 Å². The SMILES string of the molecule is O=C(O)CCCS. The van der Waals surface area contributed by atoms with Gasteiger partial charge in [0.1, 0.15) is 0 Å². The van der Waals surface area contributed by atoms with Crippen LogP contribution in [0.25, 0.3) is 0 Å². The molecule has 3 heteroatoms. The van der Waals surface area contributed by atoms with Crippen molar-refractivity contribution < 1.29 is 9.90 Å². The van der Waals surface area contributed by atoms with Crippen molar-refractivity contribution >= 4 is 18.6 Å². The van der Waals surface area contributed by atoms with Crippen LogP contribution >= 0.6 is 12.6 Å². The molecule has 1 N–H and O–H groups in total. The van der Waals surface area contributed by atoms with Crippen LogP contribution in [-0.4, -0.2) is 16.8 Å². The Bertz CT molecular complexity index is 62.7. The molecule has 0 aliphatic carbocycles. The first-order chi connectivity index (χ1) is 3.27. The molecule has 2 nitrogen and oxygen atoms in total. The van der Waals surface area contributed by atoms with Crippen LogP contribution in [0.3, 0.4) is 0 Å². The lowest BCUT2D eigenvalue weighted by Crippen LogP contribution is -1.93. The van der Waals surface area contributed by atoms with Crippen LogP contribution in [0.15, 0.2) is 0 Å². The van der Waals surface area contributed by atoms with Crippen LogP contribution in [0, 0.1) is 0 Å². The summed E-state index contributed by atoms with van der Waals surface area (Å²) in [6.07, 6.45) is 0.905. The molecule has 0 unspecified atom stereocenters. The van der Waals surface area contributed by atoms with Crippen LogP contribution in [-0.2, 0) is 4.79 Å². The summed E-state index contributed by atoms with van der Waals surface area (Å²) in [5.41, 5.74) is 0. The molecule has 0 aliphatic heterocycles. The Balaban J connectivity index is 2.82. The van der Waals surface area contributed by atoms with E-state index in [2.05, 4.69) is 12.6 Å². The van der Waals surface area contributed by atoms with Crippen molar-refractivity contribution in [2.45, 2.75) is 12.8 Å². The summed E-state index contributed by atoms with van der Waals surface area (Å²) in [4.78, 5) is 9.72. The van der Waals surface area contributed by atoms with Crippen LogP contribution in [0.4, 0.5) is 0 Å². The molecule has 0 amide bonds. The lowest BCUT2D eigenvalue weighted by Gasteiger charge is -1.85. The molecule has 0 aromatic rings. The van der Waals surface area contributed by atoms with Gasteiger partial charge in [0.15, 0.2) is 0 Å². The standard InChI is InChI=1S/C4H8O2S/c5-4(6)2-1-3-7/h7H,1-3H2,(H,5,6). The fraction of sp³-hybridized carbons (Fsp3) is 0.750. The number of rotatable bonds is 3. The summed E-state index contributed by atoms with van der Waals surface area (Å²) in [5.74, 6) is -0.0826. The summed E-state index contributed by atoms with van der Waals surface area (Å²) in [6.45, 7) is 0. The van der Waals surface area contributed by atoms with Crippen molar-refractivity contribution in [1.29, 1.82) is 0 Å². The monoisotopic (exact) mass is 120 g/mol. The summed E-state index contributed by atoms with van der Waals surface area (Å²) in [5, 5.41) is 8.01. The molecule has 0 heterocycles. The fourth-order valence-corrected chi connectivity index (χ4v) is 0.388. The highest BCUT2D eigenvalue weighted by Crippen LogP contribution is 1.88. The molecule has 0 aromatic heterocycles. The molecule has 7 heavy (non-hydrogen) atoms. The zero-order valence-corrected chi connectivity index (χ0v) is 4.82. The van der Waals surface area contributed by atoms with Gasteiger partial charge in [-0.3, -0.25) is 4.79 Å². The van der Waals surface area contributed by atoms with Gasteiger partial charge in [-0.1, -0.05) is 0 Å². The van der Waals surface area contributed by atoms with Gasteiger partial charge in [0, 0.05) is 6.42 Å². The second-order valence-corrected chi connectivity index (χ2v) is 1.67. The van der Waals surface area contributed by atoms with Gasteiger partial charge in [0.25, 0.3) is 0 Å². The van der Waals surface area contributed by atoms with E-state index in [1.807, 2.05) is 0 Å². The molecular formula is C4H8O2S. The van der Waals surface area contributed by atoms with E-state index in [-0.39, 0.29) is 6.42 Å². The maximum atomic E-state index is 9.72. The molecule has 0 saturated carbocycles. The van der Waals surface area contributed by atoms with E-state index in [0.29, 0.717) is 12.2 Å². The van der Waals surface area contributed by atoms with Crippen LogP contribution in [0.2, 0.25) is 0 Å². The molecule has 0 atom stereocenters. The number of carboxylic acids is 1. The Kier molecular flexibility index (Phi) is 3.89. The average molecular weight is 120 g/mol. The number of thiol groups is 1. The molecule has 0 aliphatic rings. The molecule has 0 radical (unpaired) electrons. The van der Waals surface area contributed by atoms with Gasteiger partial charge < -0.3 is 5.11 Å². The minimum atomic E-state index is -0.742. The quantitative estimate of drug-likeness (QED) is 0.540. The maximum absolute atomic E-state index is 9.72. The highest BCUT2D eigenvalue weighted by atomic mass is 32.1. The van der Waals surface area contributed by atoms with E-state index >= 15 is 0 Å². The number of carbonyl (C=O) groups is 1. The Morgan fingerprint density at radius 3 is 2.43 bits per heavy atom. The van der Waals surface area contributed by atoms with Crippen LogP contribution < -0.4 is 0 Å². The smallest absolute Gasteiger partial charge is 0.303 e. The average Bonchev–Trinajstić information content (AvgIpc) is 1.61. The molecule has 0 aromatic carbocycles. The van der Waals surface area contributed by atoms with Crippen molar-refractivity contribution in [2.24, 2.45) is 0 Å². The second kappa shape index (κ2) is 3.99. The fourth-order valence-electron chi connectivity index (χ4n) is 0.230. The number of aliphatic carboxylic acids is 1. The predicted octanol–water partition coefficient (Wildman–Crippen LogP) is 0.781. The Morgan fingerprint density at radius 1 is 1.71 bits per heavy atom. The Hall–Kier alpha value is -0.180. The van der Waals surface area contributed by atoms with E-state index in [0.717, 1.165) is 0 Å². The van der Waals surface area contributed by atoms with Crippen molar-refractivity contribution in [2.75, 3.05) is 5.75 Å². The highest BCUT2D eigenvalue weighted by Gasteiger charge is 1.91. The van der Waals surface area contributed by atoms with E-state index in [1.165, 1.54) is 0 Å². The summed E-state index contributed by atoms with van der Waals surface area (Å²) in [7, 11) is 0. The molecule has 42 valence electrons. The first kappa shape index (κ1) is 6.82. The minimum absolute atomic E-state index is 0.240. The van der Waals surface area contributed by atoms with E-state index in [1.54, 1.807) is 0 Å². The highest BCUT2D eigenvalue weighted by molar-refractivity contribution is 7.80. The predicted molar refractivity (Wildman–Crippen MR) is 30.7 cm³/mol. The lowest BCUT2D eigenvalue weighted by molar-refractivity contribution is -0.137. The van der Waals surface area contributed by atoms with Gasteiger partial charge >= 0.3 is 5.97 Å². The van der Waals surface area contributed by atoms with Gasteiger partial charge in [0.2, 0.25) is 0 Å². The summed E-state index contributed by atoms with van der Waals surface area (Å²) < 4.78 is 0. The Labute approximate surface area is 47.9 Å². The number of hydrogen-bond donors (Lipinski definition) is 2. The minimum Gasteiger partial charge on any atom is -0.481 e. The molecule has 0 bridgehead atoms. The topological polar surface area (TPSA) is 37.3 Å². The lowest BCUT2D eigenvalue weighted by atomic mass is 10.3. The van der Waals surface area contributed by atoms with E-state index in [9.17, 15) is 4.79 Å². The van der Waals surface area contributed by atoms with Crippen molar-refractivity contribution in [1.82, 2.24) is 0 Å². The van der Waals surface area contributed by atoms with Crippen LogP contribution in [0.1, 0.15) is 12.8 Å². The van der Waals surface area contributed by atoms with Gasteiger partial charge in [-0.2, -0.15) is 12.6 Å². The molecular weight excluding hydrogens is 112 g/mol. The van der Waals surface area contributed by atoms with Crippen molar-refractivity contribution in [3.8, 4) is 0 Å². The first-order valence-corrected chi connectivity index (χ1v) is 2.73. The third kappa shape index (κ3) is 5.82. The molecule has 0 rings (SSSR count). The zero-order valence-electron chi connectivity index (χ0n) is 3.92. The largest absolute Gasteiger partial charge is 0.481 e. The number of carboxylic acid groups (broad SMARTS) is 1. The van der Waals surface area contributed by atoms with E-state index in [4.69, 9.17) is 5.11 Å². The van der Waals surface area contributed by atoms with Crippen molar-refractivity contribution in [3.05, 3.63) is 0 Å². The number of hydrogen-bond acceptors (Lipinski definition) is 2. The van der Waals surface area contributed by atoms with Gasteiger partial charge in [-0.15, -0.1) is 0 Å². The van der Waals surface area contributed by atoms with E-state index < -0.39 is 5.97 Å². The first-order valence-electron chi connectivity index (χ1n) is 2.10. The third-order valence-corrected chi connectivity index (χ3v) is 0.865. The third-order valence-electron chi connectivity index (χ3n) is 0.549. The van der Waals surface area contributed by atoms with Crippen molar-refractivity contribution in [3.63, 3.8) is 0 Å². The van der Waals surface area contributed by atoms with Gasteiger partial charge in [-0.25, -0.2) is 0 Å². The second-order valence-electron chi connectivity index (χ2n) is 1.22. The summed E-state index contributed by atoms with van der Waals surface area (Å²) >= 11 is 3.83. The zero-order chi connectivity index (χ0) is 5.70. The molecule has 0 spiro atoms. The van der Waals surface area contributed by atoms with Gasteiger partial charge in [0.05, 0.1) is 0 Å².